The molecule has 3 heterocycles. The Morgan fingerprint density at radius 2 is 1.61 bits per heavy atom. The Bertz CT molecular complexity index is 1480. The van der Waals surface area contributed by atoms with Gasteiger partial charge in [-0.1, -0.05) is 39.0 Å². The van der Waals surface area contributed by atoms with Gasteiger partial charge in [-0.05, 0) is 30.3 Å². The molecule has 1 unspecified atom stereocenters. The van der Waals surface area contributed by atoms with E-state index in [1.807, 2.05) is 20.8 Å². The van der Waals surface area contributed by atoms with E-state index in [2.05, 4.69) is 0 Å². The lowest BCUT2D eigenvalue weighted by Crippen LogP contribution is -2.53. The largest absolute Gasteiger partial charge is 0.339 e. The molecule has 1 aromatic heterocycles. The first-order chi connectivity index (χ1) is 19.5. The third kappa shape index (κ3) is 5.72. The Kier molecular flexibility index (Phi) is 7.91. The van der Waals surface area contributed by atoms with Crippen molar-refractivity contribution in [1.29, 1.82) is 0 Å². The van der Waals surface area contributed by atoms with Crippen LogP contribution in [-0.2, 0) is 19.8 Å². The maximum absolute atomic E-state index is 15.3. The summed E-state index contributed by atoms with van der Waals surface area (Å²) in [6.07, 6.45) is 0. The average molecular weight is 582 g/mol. The topological polar surface area (TPSA) is 78.8 Å². The number of carbonyl (C=O) groups is 3. The highest BCUT2D eigenvalue weighted by Gasteiger charge is 2.41. The molecule has 0 aliphatic carbocycles. The minimum absolute atomic E-state index is 0.0199. The zero-order valence-corrected chi connectivity index (χ0v) is 24.4. The molecule has 3 aromatic rings. The van der Waals surface area contributed by atoms with Gasteiger partial charge in [0.2, 0.25) is 17.7 Å². The lowest BCUT2D eigenvalue weighted by molar-refractivity contribution is -0.137. The summed E-state index contributed by atoms with van der Waals surface area (Å²) < 4.78 is 30.8. The number of halogens is 2. The van der Waals surface area contributed by atoms with Gasteiger partial charge < -0.3 is 9.80 Å². The Morgan fingerprint density at radius 3 is 2.22 bits per heavy atom. The van der Waals surface area contributed by atoms with Crippen molar-refractivity contribution in [3.8, 4) is 5.69 Å². The summed E-state index contributed by atoms with van der Waals surface area (Å²) >= 11 is 1.30. The Labute approximate surface area is 242 Å². The second-order valence-electron chi connectivity index (χ2n) is 11.3. The number of nitrogens with zero attached hydrogens (tertiary/aromatic N) is 5. The van der Waals surface area contributed by atoms with E-state index in [0.29, 0.717) is 54.5 Å². The molecule has 0 saturated carbocycles. The summed E-state index contributed by atoms with van der Waals surface area (Å²) in [5.74, 6) is -1.03. The van der Waals surface area contributed by atoms with Gasteiger partial charge >= 0.3 is 0 Å². The molecule has 0 N–H and O–H groups in total. The van der Waals surface area contributed by atoms with Crippen molar-refractivity contribution in [2.45, 2.75) is 38.4 Å². The fourth-order valence-corrected chi connectivity index (χ4v) is 6.49. The van der Waals surface area contributed by atoms with E-state index >= 15 is 4.39 Å². The molecular formula is C30H33F2N5O3S. The van der Waals surface area contributed by atoms with Crippen molar-refractivity contribution in [3.63, 3.8) is 0 Å². The van der Waals surface area contributed by atoms with Crippen molar-refractivity contribution in [2.24, 2.45) is 0 Å². The number of amides is 3. The molecular weight excluding hydrogens is 548 g/mol. The van der Waals surface area contributed by atoms with E-state index in [1.165, 1.54) is 41.8 Å². The summed E-state index contributed by atoms with van der Waals surface area (Å²) in [6, 6.07) is 12.2. The van der Waals surface area contributed by atoms with Crippen molar-refractivity contribution >= 4 is 35.3 Å². The third-order valence-corrected chi connectivity index (χ3v) is 8.67. The van der Waals surface area contributed by atoms with Crippen LogP contribution in [0, 0.1) is 11.6 Å². The minimum Gasteiger partial charge on any atom is -0.339 e. The normalized spacial score (nSPS) is 17.9. The minimum atomic E-state index is -0.571. The molecule has 2 aromatic carbocycles. The van der Waals surface area contributed by atoms with E-state index in [1.54, 1.807) is 44.8 Å². The van der Waals surface area contributed by atoms with Gasteiger partial charge in [0, 0.05) is 49.6 Å². The number of rotatable bonds is 4. The molecule has 8 nitrogen and oxygen atoms in total. The number of fused-ring (bicyclic) bond motifs is 1. The molecule has 3 amide bonds. The Balaban J connectivity index is 1.66. The smallest absolute Gasteiger partial charge is 0.242 e. The number of anilines is 1. The summed E-state index contributed by atoms with van der Waals surface area (Å²) in [6.45, 7) is 8.81. The highest BCUT2D eigenvalue weighted by molar-refractivity contribution is 8.00. The van der Waals surface area contributed by atoms with Crippen LogP contribution in [0.5, 0.6) is 0 Å². The van der Waals surface area contributed by atoms with Crippen molar-refractivity contribution in [1.82, 2.24) is 19.6 Å². The molecule has 1 saturated heterocycles. The predicted octanol–water partition coefficient (Wildman–Crippen LogP) is 4.31. The molecule has 0 bridgehead atoms. The highest BCUT2D eigenvalue weighted by Crippen LogP contribution is 2.48. The Morgan fingerprint density at radius 1 is 0.976 bits per heavy atom. The van der Waals surface area contributed by atoms with E-state index in [0.717, 1.165) is 0 Å². The molecule has 41 heavy (non-hydrogen) atoms. The van der Waals surface area contributed by atoms with E-state index in [4.69, 9.17) is 5.10 Å². The van der Waals surface area contributed by atoms with Crippen LogP contribution in [-0.4, -0.2) is 75.8 Å². The molecule has 2 aliphatic heterocycles. The van der Waals surface area contributed by atoms with Crippen molar-refractivity contribution in [2.75, 3.05) is 43.4 Å². The van der Waals surface area contributed by atoms with Crippen LogP contribution in [0.15, 0.2) is 48.5 Å². The number of hydrogen-bond acceptors (Lipinski definition) is 5. The number of benzene rings is 2. The summed E-state index contributed by atoms with van der Waals surface area (Å²) in [7, 11) is 0. The average Bonchev–Trinajstić information content (AvgIpc) is 3.27. The van der Waals surface area contributed by atoms with Crippen LogP contribution >= 0.6 is 11.8 Å². The lowest BCUT2D eigenvalue weighted by atomic mass is 9.87. The van der Waals surface area contributed by atoms with E-state index in [9.17, 15) is 18.8 Å². The van der Waals surface area contributed by atoms with Gasteiger partial charge in [0.15, 0.2) is 0 Å². The van der Waals surface area contributed by atoms with Crippen LogP contribution in [0.1, 0.15) is 49.8 Å². The molecule has 0 radical (unpaired) electrons. The number of aromatic nitrogens is 2. The highest BCUT2D eigenvalue weighted by atomic mass is 32.2. The lowest BCUT2D eigenvalue weighted by Gasteiger charge is -2.35. The van der Waals surface area contributed by atoms with Gasteiger partial charge in [-0.3, -0.25) is 19.3 Å². The quantitative estimate of drug-likeness (QED) is 0.459. The van der Waals surface area contributed by atoms with Crippen LogP contribution in [0.4, 0.5) is 14.6 Å². The number of thioether (sulfide) groups is 1. The van der Waals surface area contributed by atoms with Gasteiger partial charge in [0.25, 0.3) is 0 Å². The third-order valence-electron chi connectivity index (χ3n) is 7.43. The maximum atomic E-state index is 15.3. The first-order valence-electron chi connectivity index (χ1n) is 13.5. The summed E-state index contributed by atoms with van der Waals surface area (Å²) in [5.41, 5.74) is 1.73. The second kappa shape index (κ2) is 11.3. The maximum Gasteiger partial charge on any atom is 0.242 e. The SMILES string of the molecule is CC(=O)N1CCN(C(=O)CN2C(=O)CSC(c3ccccc3F)c3c(C(C)(C)C)nn(-c4ccc(F)cc4)c32)CC1. The molecule has 1 atom stereocenters. The van der Waals surface area contributed by atoms with E-state index in [-0.39, 0.29) is 30.0 Å². The molecule has 0 spiro atoms. The zero-order valence-electron chi connectivity index (χ0n) is 23.6. The molecule has 2 aliphatic rings. The van der Waals surface area contributed by atoms with Crippen LogP contribution in [0.2, 0.25) is 0 Å². The van der Waals surface area contributed by atoms with Crippen molar-refractivity contribution in [3.05, 3.63) is 77.0 Å². The Hall–Kier alpha value is -3.73. The standard InChI is InChI=1S/C30H33F2N5O3S/c1-19(38)34-13-15-35(16-14-34)24(39)17-36-25(40)18-41-27(22-7-5-6-8-23(22)32)26-28(30(2,3)4)33-37(29(26)36)21-11-9-20(31)10-12-21/h5-12,27H,13-18H2,1-4H3. The molecule has 216 valence electrons. The van der Waals surface area contributed by atoms with E-state index < -0.39 is 22.3 Å². The first-order valence-corrected chi connectivity index (χ1v) is 14.6. The molecule has 1 fully saturated rings. The van der Waals surface area contributed by atoms with Gasteiger partial charge in [-0.25, -0.2) is 13.5 Å². The van der Waals surface area contributed by atoms with Crippen LogP contribution in [0.25, 0.3) is 5.69 Å². The fraction of sp³-hybridized carbons (Fsp3) is 0.400. The van der Waals surface area contributed by atoms with Crippen LogP contribution < -0.4 is 4.90 Å². The van der Waals surface area contributed by atoms with Gasteiger partial charge in [-0.15, -0.1) is 11.8 Å². The monoisotopic (exact) mass is 581 g/mol. The summed E-state index contributed by atoms with van der Waals surface area (Å²) in [4.78, 5) is 43.9. The number of carbonyl (C=O) groups excluding carboxylic acids is 3. The fourth-order valence-electron chi connectivity index (χ4n) is 5.27. The zero-order chi connectivity index (χ0) is 29.5. The molecule has 11 heteroatoms. The molecule has 5 rings (SSSR count). The summed E-state index contributed by atoms with van der Waals surface area (Å²) in [5, 5.41) is 4.37. The van der Waals surface area contributed by atoms with Gasteiger partial charge in [-0.2, -0.15) is 5.10 Å². The van der Waals surface area contributed by atoms with Crippen molar-refractivity contribution < 1.29 is 23.2 Å². The van der Waals surface area contributed by atoms with Crippen LogP contribution in [0.3, 0.4) is 0 Å². The predicted molar refractivity (Wildman–Crippen MR) is 154 cm³/mol. The number of piperazine rings is 1. The second-order valence-corrected chi connectivity index (χ2v) is 12.4. The van der Waals surface area contributed by atoms with Gasteiger partial charge in [0.05, 0.1) is 22.4 Å². The van der Waals surface area contributed by atoms with Gasteiger partial charge in [0.1, 0.15) is 24.0 Å². The first kappa shape index (κ1) is 28.8. The number of hydrogen-bond donors (Lipinski definition) is 0.